The Hall–Kier alpha value is -3.56. The molecule has 10 nitrogen and oxygen atoms in total. The van der Waals surface area contributed by atoms with Crippen LogP contribution in [0.2, 0.25) is 0 Å². The third-order valence-corrected chi connectivity index (χ3v) is 5.15. The summed E-state index contributed by atoms with van der Waals surface area (Å²) in [6, 6.07) is 0. The minimum atomic E-state index is -0.480. The molecule has 2 heterocycles. The van der Waals surface area contributed by atoms with Crippen LogP contribution in [0.15, 0.2) is 38.7 Å². The number of carbonyl (C=O) groups excluding carboxylic acids is 1. The lowest BCUT2D eigenvalue weighted by molar-refractivity contribution is -0.141. The van der Waals surface area contributed by atoms with Crippen LogP contribution < -0.4 is 11.2 Å². The van der Waals surface area contributed by atoms with Crippen molar-refractivity contribution in [2.24, 2.45) is 18.0 Å². The number of aryl methyl sites for hydroxylation is 1. The van der Waals surface area contributed by atoms with Gasteiger partial charge >= 0.3 is 11.7 Å². The Morgan fingerprint density at radius 1 is 1.14 bits per heavy atom. The van der Waals surface area contributed by atoms with Gasteiger partial charge in [0.05, 0.1) is 18.5 Å². The van der Waals surface area contributed by atoms with Crippen molar-refractivity contribution >= 4 is 23.9 Å². The molecular weight excluding hydrogens is 450 g/mol. The second kappa shape index (κ2) is 13.4. The lowest BCUT2D eigenvalue weighted by Gasteiger charge is -2.16. The normalized spacial score (nSPS) is 12.0. The molecule has 0 aliphatic rings. The summed E-state index contributed by atoms with van der Waals surface area (Å²) in [5, 5.41) is 0. The first-order valence-electron chi connectivity index (χ1n) is 11.7. The highest BCUT2D eigenvalue weighted by Gasteiger charge is 2.18. The molecule has 190 valence electrons. The summed E-state index contributed by atoms with van der Waals surface area (Å²) in [5.41, 5.74) is 0.670. The molecule has 0 saturated carbocycles. The Morgan fingerprint density at radius 2 is 1.89 bits per heavy atom. The number of carbonyl (C=O) groups is 1. The monoisotopic (exact) mass is 485 g/mol. The minimum absolute atomic E-state index is 0.0858. The fourth-order valence-electron chi connectivity index (χ4n) is 3.51. The molecule has 0 amide bonds. The lowest BCUT2D eigenvalue weighted by atomic mass is 10.1. The average Bonchev–Trinajstić information content (AvgIpc) is 2.81. The van der Waals surface area contributed by atoms with Crippen LogP contribution in [0.25, 0.3) is 11.2 Å². The van der Waals surface area contributed by atoms with Crippen LogP contribution in [-0.2, 0) is 40.9 Å². The van der Waals surface area contributed by atoms with E-state index in [-0.39, 0.29) is 29.7 Å². The summed E-state index contributed by atoms with van der Waals surface area (Å²) in [5.74, 6) is 0.363. The number of rotatable bonds is 13. The third kappa shape index (κ3) is 7.73. The van der Waals surface area contributed by atoms with Crippen molar-refractivity contribution in [1.82, 2.24) is 19.1 Å². The average molecular weight is 486 g/mol. The van der Waals surface area contributed by atoms with Crippen LogP contribution in [0, 0.1) is 5.92 Å². The zero-order valence-corrected chi connectivity index (χ0v) is 21.2. The molecule has 0 saturated heterocycles. The summed E-state index contributed by atoms with van der Waals surface area (Å²) in [6.45, 7) is 11.5. The number of allylic oxidation sites excluding steroid dienone is 2. The van der Waals surface area contributed by atoms with E-state index < -0.39 is 11.2 Å². The zero-order valence-electron chi connectivity index (χ0n) is 21.2. The molecule has 10 heteroatoms. The minimum Gasteiger partial charge on any atom is -0.486 e. The summed E-state index contributed by atoms with van der Waals surface area (Å²) in [7, 11) is 1.45. The van der Waals surface area contributed by atoms with E-state index in [1.54, 1.807) is 6.08 Å². The Labute approximate surface area is 205 Å². The number of fused-ring (bicyclic) bond motifs is 1. The fourth-order valence-corrected chi connectivity index (χ4v) is 3.51. The van der Waals surface area contributed by atoms with Crippen LogP contribution in [0.1, 0.15) is 58.3 Å². The highest BCUT2D eigenvalue weighted by molar-refractivity contribution is 5.69. The molecule has 0 aliphatic heterocycles. The maximum absolute atomic E-state index is 12.9. The summed E-state index contributed by atoms with van der Waals surface area (Å²) in [6.07, 6.45) is 7.90. The second-order valence-electron chi connectivity index (χ2n) is 8.59. The molecule has 0 aromatic carbocycles. The molecule has 0 bridgehead atoms. The first-order valence-corrected chi connectivity index (χ1v) is 11.7. The molecule has 0 unspecified atom stereocenters. The van der Waals surface area contributed by atoms with Gasteiger partial charge in [-0.15, -0.1) is 0 Å². The Bertz CT molecular complexity index is 1220. The Morgan fingerprint density at radius 3 is 2.51 bits per heavy atom. The molecular formula is C25H35N5O5. The van der Waals surface area contributed by atoms with Crippen molar-refractivity contribution in [3.63, 3.8) is 0 Å². The summed E-state index contributed by atoms with van der Waals surface area (Å²) < 4.78 is 13.4. The summed E-state index contributed by atoms with van der Waals surface area (Å²) >= 11 is 0. The first-order chi connectivity index (χ1) is 16.7. The standard InChI is InChI=1S/C25H35N5O5/c1-7-11-19(14-26-5)35-16-21-20(12-9-8-10-13-34-18(4)31)27-22-23(28-21)30(15-17(2)3)25(33)29(6)24(22)32/h7,11,14,17H,5,8-10,12-13,15-16H2,1-4,6H3/b11-7-,19-14+. The highest BCUT2D eigenvalue weighted by atomic mass is 16.5. The number of hydrogen-bond donors (Lipinski definition) is 0. The molecule has 2 aromatic heterocycles. The van der Waals surface area contributed by atoms with Crippen LogP contribution in [0.5, 0.6) is 0 Å². The van der Waals surface area contributed by atoms with Crippen molar-refractivity contribution in [1.29, 1.82) is 0 Å². The molecule has 0 atom stereocenters. The molecule has 0 aliphatic carbocycles. The maximum Gasteiger partial charge on any atom is 0.332 e. The Balaban J connectivity index is 2.49. The van der Waals surface area contributed by atoms with Gasteiger partial charge in [-0.1, -0.05) is 19.9 Å². The number of esters is 1. The van der Waals surface area contributed by atoms with Crippen molar-refractivity contribution in [2.75, 3.05) is 6.61 Å². The van der Waals surface area contributed by atoms with Gasteiger partial charge in [0.2, 0.25) is 0 Å². The van der Waals surface area contributed by atoms with Crippen molar-refractivity contribution in [3.8, 4) is 0 Å². The first kappa shape index (κ1) is 27.7. The van der Waals surface area contributed by atoms with Gasteiger partial charge in [0, 0.05) is 20.5 Å². The molecule has 35 heavy (non-hydrogen) atoms. The van der Waals surface area contributed by atoms with Crippen LogP contribution >= 0.6 is 0 Å². The van der Waals surface area contributed by atoms with Gasteiger partial charge in [0.15, 0.2) is 11.2 Å². The zero-order chi connectivity index (χ0) is 26.0. The number of ether oxygens (including phenoxy) is 2. The van der Waals surface area contributed by atoms with Gasteiger partial charge in [0.25, 0.3) is 5.56 Å². The highest BCUT2D eigenvalue weighted by Crippen LogP contribution is 2.16. The predicted molar refractivity (Wildman–Crippen MR) is 135 cm³/mol. The van der Waals surface area contributed by atoms with Gasteiger partial charge in [-0.25, -0.2) is 14.8 Å². The predicted octanol–water partition coefficient (Wildman–Crippen LogP) is 3.06. The number of aromatic nitrogens is 4. The maximum atomic E-state index is 12.9. The molecule has 0 radical (unpaired) electrons. The van der Waals surface area contributed by atoms with E-state index in [4.69, 9.17) is 14.5 Å². The number of unbranched alkanes of at least 4 members (excludes halogenated alkanes) is 2. The fraction of sp³-hybridized carbons (Fsp3) is 0.520. The lowest BCUT2D eigenvalue weighted by Crippen LogP contribution is -2.40. The van der Waals surface area contributed by atoms with E-state index >= 15 is 0 Å². The molecule has 0 spiro atoms. The molecule has 0 fully saturated rings. The van der Waals surface area contributed by atoms with E-state index in [2.05, 4.69) is 16.7 Å². The number of nitrogens with zero attached hydrogens (tertiary/aromatic N) is 5. The van der Waals surface area contributed by atoms with Gasteiger partial charge in [-0.3, -0.25) is 23.7 Å². The molecule has 0 N–H and O–H groups in total. The van der Waals surface area contributed by atoms with E-state index in [1.807, 2.05) is 26.8 Å². The third-order valence-electron chi connectivity index (χ3n) is 5.15. The quantitative estimate of drug-likeness (QED) is 0.141. The topological polar surface area (TPSA) is 118 Å². The van der Waals surface area contributed by atoms with Crippen molar-refractivity contribution in [2.45, 2.75) is 66.5 Å². The van der Waals surface area contributed by atoms with E-state index in [0.29, 0.717) is 36.7 Å². The van der Waals surface area contributed by atoms with Gasteiger partial charge in [-0.05, 0) is 51.3 Å². The SMILES string of the molecule is C=N/C=C(\C=C/C)OCc1nc2c(nc1CCCCCOC(C)=O)c(=O)n(C)c(=O)n2CC(C)C. The van der Waals surface area contributed by atoms with Crippen LogP contribution in [-0.4, -0.2) is 38.4 Å². The van der Waals surface area contributed by atoms with Crippen LogP contribution in [0.3, 0.4) is 0 Å². The van der Waals surface area contributed by atoms with Crippen molar-refractivity contribution < 1.29 is 14.3 Å². The van der Waals surface area contributed by atoms with E-state index in [0.717, 1.165) is 23.8 Å². The second-order valence-corrected chi connectivity index (χ2v) is 8.59. The largest absolute Gasteiger partial charge is 0.486 e. The van der Waals surface area contributed by atoms with E-state index in [9.17, 15) is 14.4 Å². The van der Waals surface area contributed by atoms with Crippen LogP contribution in [0.4, 0.5) is 0 Å². The number of aliphatic imine (C=N–C) groups is 1. The van der Waals surface area contributed by atoms with Gasteiger partial charge < -0.3 is 9.47 Å². The molecule has 2 aromatic rings. The Kier molecular flexibility index (Phi) is 10.6. The smallest absolute Gasteiger partial charge is 0.332 e. The summed E-state index contributed by atoms with van der Waals surface area (Å²) in [4.78, 5) is 49.8. The molecule has 2 rings (SSSR count). The number of hydrogen-bond acceptors (Lipinski definition) is 8. The van der Waals surface area contributed by atoms with Gasteiger partial charge in [-0.2, -0.15) is 0 Å². The van der Waals surface area contributed by atoms with Gasteiger partial charge in [0.1, 0.15) is 18.1 Å². The van der Waals surface area contributed by atoms with E-state index in [1.165, 1.54) is 24.7 Å². The van der Waals surface area contributed by atoms with Crippen molar-refractivity contribution in [3.05, 3.63) is 56.3 Å².